The third-order valence-corrected chi connectivity index (χ3v) is 6.02. The lowest BCUT2D eigenvalue weighted by molar-refractivity contribution is -0.137. The van der Waals surface area contributed by atoms with Gasteiger partial charge in [0.05, 0.1) is 13.2 Å². The summed E-state index contributed by atoms with van der Waals surface area (Å²) in [6.07, 6.45) is 7.76. The number of hydrogen-bond acceptors (Lipinski definition) is 4. The molecule has 3 rings (SSSR count). The highest BCUT2D eigenvalue weighted by Crippen LogP contribution is 2.34. The summed E-state index contributed by atoms with van der Waals surface area (Å²) in [5.41, 5.74) is 0.0807. The van der Waals surface area contributed by atoms with Crippen molar-refractivity contribution in [3.8, 4) is 0 Å². The van der Waals surface area contributed by atoms with E-state index >= 15 is 0 Å². The molecule has 3 aliphatic rings. The SMILES string of the molecule is CC(=O)N1CCCC1C(=O)NCC1(N2CCOCC2)CCCCC1. The Kier molecular flexibility index (Phi) is 5.76. The highest BCUT2D eigenvalue weighted by atomic mass is 16.5. The largest absolute Gasteiger partial charge is 0.379 e. The van der Waals surface area contributed by atoms with Gasteiger partial charge >= 0.3 is 0 Å². The van der Waals surface area contributed by atoms with Crippen molar-refractivity contribution >= 4 is 11.8 Å². The summed E-state index contributed by atoms with van der Waals surface area (Å²) >= 11 is 0. The number of rotatable bonds is 4. The van der Waals surface area contributed by atoms with Crippen molar-refractivity contribution in [1.29, 1.82) is 0 Å². The average Bonchev–Trinajstić information content (AvgIpc) is 3.11. The van der Waals surface area contributed by atoms with Crippen LogP contribution in [-0.4, -0.2) is 72.6 Å². The summed E-state index contributed by atoms with van der Waals surface area (Å²) in [7, 11) is 0. The molecule has 6 heteroatoms. The number of ether oxygens (including phenoxy) is 1. The fraction of sp³-hybridized carbons (Fsp3) is 0.889. The number of nitrogens with one attached hydrogen (secondary N) is 1. The van der Waals surface area contributed by atoms with Crippen LogP contribution in [0.2, 0.25) is 0 Å². The van der Waals surface area contributed by atoms with Gasteiger partial charge in [-0.3, -0.25) is 14.5 Å². The van der Waals surface area contributed by atoms with Crippen molar-refractivity contribution in [2.45, 2.75) is 63.5 Å². The van der Waals surface area contributed by atoms with Crippen LogP contribution in [0.1, 0.15) is 51.9 Å². The molecule has 2 aliphatic heterocycles. The number of likely N-dealkylation sites (tertiary alicyclic amines) is 1. The Labute approximate surface area is 144 Å². The Morgan fingerprint density at radius 3 is 2.46 bits per heavy atom. The van der Waals surface area contributed by atoms with Gasteiger partial charge in [0.1, 0.15) is 6.04 Å². The summed E-state index contributed by atoms with van der Waals surface area (Å²) in [6.45, 7) is 6.46. The van der Waals surface area contributed by atoms with Gasteiger partial charge in [0.15, 0.2) is 0 Å². The van der Waals surface area contributed by atoms with Gasteiger partial charge in [-0.15, -0.1) is 0 Å². The molecule has 6 nitrogen and oxygen atoms in total. The first-order chi connectivity index (χ1) is 11.6. The van der Waals surface area contributed by atoms with Crippen LogP contribution in [-0.2, 0) is 14.3 Å². The van der Waals surface area contributed by atoms with E-state index in [0.717, 1.165) is 52.0 Å². The van der Waals surface area contributed by atoms with Crippen molar-refractivity contribution in [3.63, 3.8) is 0 Å². The molecule has 1 N–H and O–H groups in total. The Hall–Kier alpha value is -1.14. The Morgan fingerprint density at radius 1 is 1.08 bits per heavy atom. The molecule has 0 radical (unpaired) electrons. The van der Waals surface area contributed by atoms with E-state index in [2.05, 4.69) is 10.2 Å². The molecule has 24 heavy (non-hydrogen) atoms. The van der Waals surface area contributed by atoms with Crippen molar-refractivity contribution in [3.05, 3.63) is 0 Å². The molecule has 0 bridgehead atoms. The number of morpholine rings is 1. The van der Waals surface area contributed by atoms with E-state index < -0.39 is 0 Å². The van der Waals surface area contributed by atoms with Gasteiger partial charge in [0.2, 0.25) is 11.8 Å². The van der Waals surface area contributed by atoms with Gasteiger partial charge in [-0.05, 0) is 25.7 Å². The number of amides is 2. The Balaban J connectivity index is 1.62. The molecule has 136 valence electrons. The second-order valence-corrected chi connectivity index (χ2v) is 7.47. The van der Waals surface area contributed by atoms with Gasteiger partial charge in [-0.1, -0.05) is 19.3 Å². The highest BCUT2D eigenvalue weighted by molar-refractivity contribution is 5.87. The van der Waals surface area contributed by atoms with Crippen LogP contribution in [0.15, 0.2) is 0 Å². The highest BCUT2D eigenvalue weighted by Gasteiger charge is 2.40. The predicted octanol–water partition coefficient (Wildman–Crippen LogP) is 1.15. The Bertz CT molecular complexity index is 456. The standard InChI is InChI=1S/C18H31N3O3/c1-15(22)21-9-5-6-16(21)17(23)19-14-18(7-3-2-4-8-18)20-10-12-24-13-11-20/h16H,2-14H2,1H3,(H,19,23). The molecule has 0 aromatic carbocycles. The lowest BCUT2D eigenvalue weighted by Gasteiger charge is -2.48. The number of nitrogens with zero attached hydrogens (tertiary/aromatic N) is 2. The number of carbonyl (C=O) groups excluding carboxylic acids is 2. The van der Waals surface area contributed by atoms with Crippen LogP contribution in [0.25, 0.3) is 0 Å². The summed E-state index contributed by atoms with van der Waals surface area (Å²) in [5.74, 6) is 0.0362. The fourth-order valence-corrected chi connectivity index (χ4v) is 4.64. The van der Waals surface area contributed by atoms with Gasteiger partial charge in [-0.25, -0.2) is 0 Å². The third kappa shape index (κ3) is 3.75. The van der Waals surface area contributed by atoms with Crippen molar-refractivity contribution in [1.82, 2.24) is 15.1 Å². The molecular formula is C18H31N3O3. The van der Waals surface area contributed by atoms with Crippen molar-refractivity contribution in [2.24, 2.45) is 0 Å². The predicted molar refractivity (Wildman–Crippen MR) is 91.6 cm³/mol. The minimum Gasteiger partial charge on any atom is -0.379 e. The molecule has 2 amide bonds. The molecule has 1 aliphatic carbocycles. The zero-order valence-electron chi connectivity index (χ0n) is 14.9. The van der Waals surface area contributed by atoms with Gasteiger partial charge < -0.3 is 15.0 Å². The zero-order valence-corrected chi connectivity index (χ0v) is 14.9. The Morgan fingerprint density at radius 2 is 1.79 bits per heavy atom. The molecule has 0 aromatic rings. The molecular weight excluding hydrogens is 306 g/mol. The molecule has 2 saturated heterocycles. The van der Waals surface area contributed by atoms with Gasteiger partial charge in [-0.2, -0.15) is 0 Å². The molecule has 3 fully saturated rings. The second kappa shape index (κ2) is 7.83. The quantitative estimate of drug-likeness (QED) is 0.836. The molecule has 1 saturated carbocycles. The van der Waals surface area contributed by atoms with Crippen LogP contribution in [0.3, 0.4) is 0 Å². The minimum atomic E-state index is -0.271. The van der Waals surface area contributed by atoms with E-state index in [0.29, 0.717) is 13.1 Å². The van der Waals surface area contributed by atoms with Crippen LogP contribution in [0.4, 0.5) is 0 Å². The molecule has 1 atom stereocenters. The minimum absolute atomic E-state index is 0.00760. The lowest BCUT2D eigenvalue weighted by atomic mass is 9.79. The van der Waals surface area contributed by atoms with Crippen LogP contribution in [0, 0.1) is 0 Å². The first-order valence-corrected chi connectivity index (χ1v) is 9.50. The van der Waals surface area contributed by atoms with E-state index in [9.17, 15) is 9.59 Å². The normalized spacial score (nSPS) is 27.9. The summed E-state index contributed by atoms with van der Waals surface area (Å²) < 4.78 is 5.51. The monoisotopic (exact) mass is 337 g/mol. The van der Waals surface area contributed by atoms with Crippen molar-refractivity contribution < 1.29 is 14.3 Å². The van der Waals surface area contributed by atoms with E-state index in [1.807, 2.05) is 0 Å². The maximum absolute atomic E-state index is 12.7. The maximum atomic E-state index is 12.7. The van der Waals surface area contributed by atoms with E-state index in [1.165, 1.54) is 19.3 Å². The van der Waals surface area contributed by atoms with Gasteiger partial charge in [0, 0.05) is 38.6 Å². The third-order valence-electron chi connectivity index (χ3n) is 6.02. The lowest BCUT2D eigenvalue weighted by Crippen LogP contribution is -2.60. The van der Waals surface area contributed by atoms with Crippen molar-refractivity contribution in [2.75, 3.05) is 39.4 Å². The number of carbonyl (C=O) groups is 2. The topological polar surface area (TPSA) is 61.9 Å². The summed E-state index contributed by atoms with van der Waals surface area (Å²) in [6, 6.07) is -0.271. The van der Waals surface area contributed by atoms with Gasteiger partial charge in [0.25, 0.3) is 0 Å². The first kappa shape index (κ1) is 17.7. The zero-order chi connectivity index (χ0) is 17.0. The smallest absolute Gasteiger partial charge is 0.242 e. The van der Waals surface area contributed by atoms with Crippen LogP contribution in [0.5, 0.6) is 0 Å². The van der Waals surface area contributed by atoms with Crippen LogP contribution >= 0.6 is 0 Å². The average molecular weight is 337 g/mol. The molecule has 1 unspecified atom stereocenters. The number of hydrogen-bond donors (Lipinski definition) is 1. The first-order valence-electron chi connectivity index (χ1n) is 9.50. The van der Waals surface area contributed by atoms with E-state index in [4.69, 9.17) is 4.74 Å². The summed E-state index contributed by atoms with van der Waals surface area (Å²) in [5, 5.41) is 3.20. The fourth-order valence-electron chi connectivity index (χ4n) is 4.64. The van der Waals surface area contributed by atoms with E-state index in [-0.39, 0.29) is 23.4 Å². The molecule has 0 spiro atoms. The van der Waals surface area contributed by atoms with E-state index in [1.54, 1.807) is 11.8 Å². The summed E-state index contributed by atoms with van der Waals surface area (Å²) in [4.78, 5) is 28.6. The second-order valence-electron chi connectivity index (χ2n) is 7.47. The molecule has 2 heterocycles. The van der Waals surface area contributed by atoms with Crippen LogP contribution < -0.4 is 5.32 Å². The molecule has 0 aromatic heterocycles. The maximum Gasteiger partial charge on any atom is 0.242 e.